The van der Waals surface area contributed by atoms with Gasteiger partial charge < -0.3 is 0 Å². The van der Waals surface area contributed by atoms with E-state index in [2.05, 4.69) is 9.97 Å². The van der Waals surface area contributed by atoms with E-state index in [1.807, 2.05) is 0 Å². The maximum absolute atomic E-state index is 11.9. The largest absolute Gasteiger partial charge is 0.419 e. The average molecular weight is 184 g/mol. The Hall–Kier alpha value is -0.840. The van der Waals surface area contributed by atoms with Gasteiger partial charge in [0.2, 0.25) is 5.28 Å². The van der Waals surface area contributed by atoms with Crippen LogP contribution in [0.25, 0.3) is 0 Å². The number of hydrogen-bond acceptors (Lipinski definition) is 2. The van der Waals surface area contributed by atoms with Crippen LogP contribution in [0.2, 0.25) is 5.28 Å². The molecular formula is C5H2ClF3N2. The number of alkyl halides is 3. The summed E-state index contributed by atoms with van der Waals surface area (Å²) in [6, 6.07) is 0. The molecule has 1 aromatic heterocycles. The summed E-state index contributed by atoms with van der Waals surface area (Å²) in [5.41, 5.74) is -1.19. The van der Waals surface area contributed by atoms with Crippen LogP contribution in [0.1, 0.15) is 6.93 Å². The molecule has 0 aromatic carbocycles. The minimum Gasteiger partial charge on any atom is -0.226 e. The highest BCUT2D eigenvalue weighted by Crippen LogP contribution is 2.27. The molecule has 60 valence electrons. The van der Waals surface area contributed by atoms with E-state index in [9.17, 15) is 13.2 Å². The highest BCUT2D eigenvalue weighted by Gasteiger charge is 2.31. The van der Waals surface area contributed by atoms with Gasteiger partial charge in [-0.3, -0.25) is 0 Å². The lowest BCUT2D eigenvalue weighted by Crippen LogP contribution is -2.05. The molecule has 0 saturated heterocycles. The molecule has 1 heterocycles. The van der Waals surface area contributed by atoms with E-state index in [1.54, 1.807) is 0 Å². The third-order valence-electron chi connectivity index (χ3n) is 0.874. The van der Waals surface area contributed by atoms with E-state index in [-0.39, 0.29) is 5.28 Å². The molecule has 0 radical (unpaired) electrons. The van der Waals surface area contributed by atoms with Crippen molar-refractivity contribution >= 4 is 11.6 Å². The fourth-order valence-electron chi connectivity index (χ4n) is 0.418. The summed E-state index contributed by atoms with van der Waals surface area (Å²) in [4.78, 5) is 6.16. The summed E-state index contributed by atoms with van der Waals surface area (Å²) < 4.78 is 42.6. The Balaban J connectivity index is 3.19. The average Bonchev–Trinajstić information content (AvgIpc) is 1.83. The zero-order valence-electron chi connectivity index (χ0n) is 5.98. The van der Waals surface area contributed by atoms with Gasteiger partial charge in [0, 0.05) is 12.4 Å². The topological polar surface area (TPSA) is 25.8 Å². The lowest BCUT2D eigenvalue weighted by molar-refractivity contribution is -0.138. The standard InChI is InChI=1S/C5H2ClF3N2/c6-4-10-1-3(2-11-4)5(7,8)9/h1-2H/i1D. The number of nitrogens with zero attached hydrogens (tertiary/aromatic N) is 2. The smallest absolute Gasteiger partial charge is 0.226 e. The third kappa shape index (κ3) is 2.04. The van der Waals surface area contributed by atoms with Crippen molar-refractivity contribution in [2.75, 3.05) is 0 Å². The van der Waals surface area contributed by atoms with Crippen molar-refractivity contribution in [3.63, 3.8) is 0 Å². The van der Waals surface area contributed by atoms with Gasteiger partial charge >= 0.3 is 6.18 Å². The Morgan fingerprint density at radius 1 is 1.45 bits per heavy atom. The Morgan fingerprint density at radius 3 is 2.55 bits per heavy atom. The lowest BCUT2D eigenvalue weighted by Gasteiger charge is -2.03. The molecule has 0 aliphatic rings. The van der Waals surface area contributed by atoms with E-state index < -0.39 is 17.9 Å². The van der Waals surface area contributed by atoms with Crippen molar-refractivity contribution in [2.45, 2.75) is 6.18 Å². The van der Waals surface area contributed by atoms with Gasteiger partial charge in [0.25, 0.3) is 0 Å². The van der Waals surface area contributed by atoms with Gasteiger partial charge in [-0.25, -0.2) is 9.97 Å². The van der Waals surface area contributed by atoms with Crippen LogP contribution in [0.15, 0.2) is 12.4 Å². The molecule has 0 N–H and O–H groups in total. The van der Waals surface area contributed by atoms with Gasteiger partial charge in [-0.2, -0.15) is 13.2 Å². The Bertz CT molecular complexity index is 301. The summed E-state index contributed by atoms with van der Waals surface area (Å²) in [6.45, 7) is 0. The Labute approximate surface area is 66.4 Å². The predicted octanol–water partition coefficient (Wildman–Crippen LogP) is 2.15. The van der Waals surface area contributed by atoms with E-state index in [4.69, 9.17) is 13.0 Å². The van der Waals surface area contributed by atoms with Crippen LogP contribution >= 0.6 is 11.6 Å². The summed E-state index contributed by atoms with van der Waals surface area (Å²) >= 11 is 5.16. The van der Waals surface area contributed by atoms with E-state index >= 15 is 0 Å². The van der Waals surface area contributed by atoms with Gasteiger partial charge in [0.05, 0.1) is 6.93 Å². The number of halogens is 4. The number of hydrogen-bond donors (Lipinski definition) is 0. The second-order valence-electron chi connectivity index (χ2n) is 1.66. The van der Waals surface area contributed by atoms with Crippen LogP contribution < -0.4 is 0 Å². The maximum Gasteiger partial charge on any atom is 0.419 e. The maximum atomic E-state index is 11.9. The molecule has 1 aromatic rings. The quantitative estimate of drug-likeness (QED) is 0.576. The van der Waals surface area contributed by atoms with Gasteiger partial charge in [0.15, 0.2) is 0 Å². The molecular weight excluding hydrogens is 181 g/mol. The van der Waals surface area contributed by atoms with Crippen LogP contribution in [0.3, 0.4) is 0 Å². The molecule has 6 heteroatoms. The highest BCUT2D eigenvalue weighted by molar-refractivity contribution is 6.28. The number of rotatable bonds is 0. The fourth-order valence-corrected chi connectivity index (χ4v) is 0.510. The van der Waals surface area contributed by atoms with Gasteiger partial charge in [-0.05, 0) is 11.6 Å². The Kier molecular flexibility index (Phi) is 1.65. The first kappa shape index (κ1) is 6.84. The second kappa shape index (κ2) is 2.65. The molecule has 0 aliphatic carbocycles. The molecule has 0 atom stereocenters. The van der Waals surface area contributed by atoms with Crippen molar-refractivity contribution in [1.29, 1.82) is 0 Å². The van der Waals surface area contributed by atoms with Gasteiger partial charge in [0.1, 0.15) is 0 Å². The molecule has 11 heavy (non-hydrogen) atoms. The normalized spacial score (nSPS) is 12.9. The molecule has 0 amide bonds. The van der Waals surface area contributed by atoms with Crippen molar-refractivity contribution in [3.05, 3.63) is 23.2 Å². The summed E-state index contributed by atoms with van der Waals surface area (Å²) in [6.07, 6.45) is -5.03. The molecule has 0 bridgehead atoms. The van der Waals surface area contributed by atoms with Crippen LogP contribution in [0.4, 0.5) is 13.2 Å². The van der Waals surface area contributed by atoms with Crippen molar-refractivity contribution in [3.8, 4) is 0 Å². The minimum atomic E-state index is -4.60. The van der Waals surface area contributed by atoms with Crippen LogP contribution in [-0.2, 0) is 6.18 Å². The molecule has 0 aliphatic heterocycles. The van der Waals surface area contributed by atoms with Gasteiger partial charge in [-0.15, -0.1) is 0 Å². The molecule has 2 nitrogen and oxygen atoms in total. The molecule has 0 unspecified atom stereocenters. The molecule has 0 fully saturated rings. The fraction of sp³-hybridized carbons (Fsp3) is 0.200. The number of aromatic nitrogens is 2. The first-order valence-corrected chi connectivity index (χ1v) is 2.85. The summed E-state index contributed by atoms with van der Waals surface area (Å²) in [5.74, 6) is 0. The molecule has 1 rings (SSSR count). The van der Waals surface area contributed by atoms with E-state index in [0.29, 0.717) is 6.20 Å². The zero-order valence-corrected chi connectivity index (χ0v) is 5.74. The van der Waals surface area contributed by atoms with Crippen LogP contribution in [0.5, 0.6) is 0 Å². The molecule has 0 saturated carbocycles. The first-order valence-electron chi connectivity index (χ1n) is 2.97. The van der Waals surface area contributed by atoms with Crippen molar-refractivity contribution in [1.82, 2.24) is 9.97 Å². The highest BCUT2D eigenvalue weighted by atomic mass is 35.5. The SMILES string of the molecule is [2H]c1nc(Cl)ncc1C(F)(F)F. The van der Waals surface area contributed by atoms with E-state index in [1.165, 1.54) is 0 Å². The lowest BCUT2D eigenvalue weighted by atomic mass is 10.3. The monoisotopic (exact) mass is 183 g/mol. The summed E-state index contributed by atoms with van der Waals surface area (Å²) in [5, 5.41) is -0.368. The zero-order chi connectivity index (χ0) is 9.35. The third-order valence-corrected chi connectivity index (χ3v) is 1.06. The van der Waals surface area contributed by atoms with E-state index in [0.717, 1.165) is 0 Å². The predicted molar refractivity (Wildman–Crippen MR) is 32.0 cm³/mol. The second-order valence-corrected chi connectivity index (χ2v) is 2.00. The molecule has 0 spiro atoms. The van der Waals surface area contributed by atoms with Gasteiger partial charge in [-0.1, -0.05) is 0 Å². The van der Waals surface area contributed by atoms with Crippen molar-refractivity contribution in [2.24, 2.45) is 0 Å². The van der Waals surface area contributed by atoms with Crippen LogP contribution in [0, 0.1) is 0 Å². The van der Waals surface area contributed by atoms with Crippen LogP contribution in [-0.4, -0.2) is 9.97 Å². The Morgan fingerprint density at radius 2 is 2.09 bits per heavy atom. The summed E-state index contributed by atoms with van der Waals surface area (Å²) in [7, 11) is 0. The first-order chi connectivity index (χ1) is 5.41. The van der Waals surface area contributed by atoms with Crippen molar-refractivity contribution < 1.29 is 14.5 Å². The minimum absolute atomic E-state index is 0.368.